The predicted molar refractivity (Wildman–Crippen MR) is 79.9 cm³/mol. The maximum absolute atomic E-state index is 12.1. The Hall–Kier alpha value is -1.61. The summed E-state index contributed by atoms with van der Waals surface area (Å²) in [5, 5.41) is 0. The van der Waals surface area contributed by atoms with E-state index >= 15 is 0 Å². The van der Waals surface area contributed by atoms with Gasteiger partial charge >= 0.3 is 0 Å². The lowest BCUT2D eigenvalue weighted by Gasteiger charge is -2.08. The Morgan fingerprint density at radius 3 is 2.53 bits per heavy atom. The molecule has 0 heterocycles. The van der Waals surface area contributed by atoms with Crippen molar-refractivity contribution in [1.82, 2.24) is 0 Å². The van der Waals surface area contributed by atoms with Crippen molar-refractivity contribution in [3.8, 4) is 5.75 Å². The van der Waals surface area contributed by atoms with Crippen LogP contribution in [0.3, 0.4) is 0 Å². The van der Waals surface area contributed by atoms with E-state index in [0.29, 0.717) is 5.75 Å². The minimum absolute atomic E-state index is 0.00123. The van der Waals surface area contributed by atoms with Crippen LogP contribution in [0.1, 0.15) is 21.5 Å². The first-order chi connectivity index (χ1) is 9.08. The normalized spacial score (nSPS) is 10.3. The van der Waals surface area contributed by atoms with E-state index < -0.39 is 0 Å². The summed E-state index contributed by atoms with van der Waals surface area (Å²) in [6.07, 6.45) is 0. The van der Waals surface area contributed by atoms with Gasteiger partial charge in [-0.15, -0.1) is 0 Å². The highest BCUT2D eigenvalue weighted by Gasteiger charge is 2.09. The SMILES string of the molecule is Cc1cc(OCC(=O)c2ccccc2C)ccc1Br. The Balaban J connectivity index is 2.04. The standard InChI is InChI=1S/C16H15BrO2/c1-11-5-3-4-6-14(11)16(18)10-19-13-7-8-15(17)12(2)9-13/h3-9H,10H2,1-2H3. The summed E-state index contributed by atoms with van der Waals surface area (Å²) in [7, 11) is 0. The molecule has 2 nitrogen and oxygen atoms in total. The van der Waals surface area contributed by atoms with E-state index in [1.54, 1.807) is 0 Å². The van der Waals surface area contributed by atoms with Crippen LogP contribution in [0.15, 0.2) is 46.9 Å². The van der Waals surface area contributed by atoms with E-state index in [1.165, 1.54) is 0 Å². The Kier molecular flexibility index (Phi) is 4.38. The molecule has 3 heteroatoms. The van der Waals surface area contributed by atoms with Crippen molar-refractivity contribution in [2.45, 2.75) is 13.8 Å². The summed E-state index contributed by atoms with van der Waals surface area (Å²) in [6.45, 7) is 3.98. The molecule has 0 aliphatic heterocycles. The van der Waals surface area contributed by atoms with E-state index in [-0.39, 0.29) is 12.4 Å². The lowest BCUT2D eigenvalue weighted by molar-refractivity contribution is 0.0921. The highest BCUT2D eigenvalue weighted by molar-refractivity contribution is 9.10. The third-order valence-electron chi connectivity index (χ3n) is 2.94. The minimum Gasteiger partial charge on any atom is -0.485 e. The fourth-order valence-electron chi connectivity index (χ4n) is 1.82. The first-order valence-corrected chi connectivity index (χ1v) is 6.85. The van der Waals surface area contributed by atoms with E-state index in [9.17, 15) is 4.79 Å². The molecule has 0 amide bonds. The number of hydrogen-bond acceptors (Lipinski definition) is 2. The lowest BCUT2D eigenvalue weighted by Crippen LogP contribution is -2.12. The summed E-state index contributed by atoms with van der Waals surface area (Å²) in [6, 6.07) is 13.2. The maximum Gasteiger partial charge on any atom is 0.200 e. The first-order valence-electron chi connectivity index (χ1n) is 6.05. The van der Waals surface area contributed by atoms with Crippen molar-refractivity contribution in [2.24, 2.45) is 0 Å². The zero-order valence-corrected chi connectivity index (χ0v) is 12.5. The number of ketones is 1. The van der Waals surface area contributed by atoms with Crippen molar-refractivity contribution < 1.29 is 9.53 Å². The van der Waals surface area contributed by atoms with Gasteiger partial charge in [-0.25, -0.2) is 0 Å². The van der Waals surface area contributed by atoms with Gasteiger partial charge in [0.1, 0.15) is 5.75 Å². The van der Waals surface area contributed by atoms with Gasteiger partial charge in [-0.3, -0.25) is 4.79 Å². The van der Waals surface area contributed by atoms with Crippen LogP contribution >= 0.6 is 15.9 Å². The number of ether oxygens (including phenoxy) is 1. The van der Waals surface area contributed by atoms with Gasteiger partial charge in [0.05, 0.1) is 0 Å². The van der Waals surface area contributed by atoms with E-state index in [1.807, 2.05) is 56.3 Å². The van der Waals surface area contributed by atoms with Crippen molar-refractivity contribution in [3.05, 3.63) is 63.6 Å². The predicted octanol–water partition coefficient (Wildman–Crippen LogP) is 4.33. The second-order valence-corrected chi connectivity index (χ2v) is 5.29. The van der Waals surface area contributed by atoms with Crippen molar-refractivity contribution in [1.29, 1.82) is 0 Å². The Bertz CT molecular complexity index is 605. The summed E-state index contributed by atoms with van der Waals surface area (Å²) in [4.78, 5) is 12.1. The number of carbonyl (C=O) groups is 1. The van der Waals surface area contributed by atoms with Crippen molar-refractivity contribution in [3.63, 3.8) is 0 Å². The average molecular weight is 319 g/mol. The zero-order chi connectivity index (χ0) is 13.8. The molecule has 0 aromatic heterocycles. The number of Topliss-reactive ketones (excluding diaryl/α,β-unsaturated/α-hetero) is 1. The third-order valence-corrected chi connectivity index (χ3v) is 3.83. The fraction of sp³-hybridized carbons (Fsp3) is 0.188. The molecule has 0 N–H and O–H groups in total. The van der Waals surface area contributed by atoms with Crippen LogP contribution in [0.25, 0.3) is 0 Å². The number of carbonyl (C=O) groups excluding carboxylic acids is 1. The molecule has 0 bridgehead atoms. The first kappa shape index (κ1) is 13.8. The molecule has 0 aliphatic rings. The molecule has 0 spiro atoms. The summed E-state index contributed by atoms with van der Waals surface area (Å²) >= 11 is 3.43. The number of halogens is 1. The van der Waals surface area contributed by atoms with Crippen LogP contribution in [-0.4, -0.2) is 12.4 Å². The molecular formula is C16H15BrO2. The van der Waals surface area contributed by atoms with E-state index in [2.05, 4.69) is 15.9 Å². The molecule has 0 radical (unpaired) electrons. The van der Waals surface area contributed by atoms with Gasteiger partial charge in [0, 0.05) is 10.0 Å². The Morgan fingerprint density at radius 2 is 1.84 bits per heavy atom. The molecule has 19 heavy (non-hydrogen) atoms. The number of rotatable bonds is 4. The number of aryl methyl sites for hydroxylation is 2. The molecule has 2 rings (SSSR count). The van der Waals surface area contributed by atoms with Crippen LogP contribution in [0.5, 0.6) is 5.75 Å². The quantitative estimate of drug-likeness (QED) is 0.784. The van der Waals surface area contributed by atoms with Gasteiger partial charge in [-0.1, -0.05) is 40.2 Å². The summed E-state index contributed by atoms with van der Waals surface area (Å²) in [5.41, 5.74) is 2.78. The van der Waals surface area contributed by atoms with Gasteiger partial charge in [0.15, 0.2) is 12.4 Å². The van der Waals surface area contributed by atoms with Gasteiger partial charge < -0.3 is 4.74 Å². The summed E-state index contributed by atoms with van der Waals surface area (Å²) < 4.78 is 6.58. The molecule has 0 saturated carbocycles. The van der Waals surface area contributed by atoms with Crippen LogP contribution < -0.4 is 4.74 Å². The molecule has 2 aromatic carbocycles. The minimum atomic E-state index is -0.00123. The summed E-state index contributed by atoms with van der Waals surface area (Å²) in [5.74, 6) is 0.710. The van der Waals surface area contributed by atoms with Crippen LogP contribution in [0.2, 0.25) is 0 Å². The number of benzene rings is 2. The lowest BCUT2D eigenvalue weighted by atomic mass is 10.1. The van der Waals surface area contributed by atoms with Crippen molar-refractivity contribution >= 4 is 21.7 Å². The average Bonchev–Trinajstić information content (AvgIpc) is 2.40. The van der Waals surface area contributed by atoms with Gasteiger partial charge in [-0.05, 0) is 43.2 Å². The third kappa shape index (κ3) is 3.44. The second kappa shape index (κ2) is 6.02. The zero-order valence-electron chi connectivity index (χ0n) is 10.9. The molecule has 0 saturated heterocycles. The largest absolute Gasteiger partial charge is 0.485 e. The number of hydrogen-bond donors (Lipinski definition) is 0. The van der Waals surface area contributed by atoms with Crippen LogP contribution in [-0.2, 0) is 0 Å². The van der Waals surface area contributed by atoms with Gasteiger partial charge in [0.25, 0.3) is 0 Å². The topological polar surface area (TPSA) is 26.3 Å². The molecule has 2 aromatic rings. The smallest absolute Gasteiger partial charge is 0.200 e. The second-order valence-electron chi connectivity index (χ2n) is 4.44. The maximum atomic E-state index is 12.1. The fourth-order valence-corrected chi connectivity index (χ4v) is 2.07. The Morgan fingerprint density at radius 1 is 1.11 bits per heavy atom. The monoisotopic (exact) mass is 318 g/mol. The highest BCUT2D eigenvalue weighted by atomic mass is 79.9. The highest BCUT2D eigenvalue weighted by Crippen LogP contribution is 2.21. The molecule has 0 atom stereocenters. The van der Waals surface area contributed by atoms with Crippen LogP contribution in [0, 0.1) is 13.8 Å². The molecular weight excluding hydrogens is 304 g/mol. The molecule has 0 unspecified atom stereocenters. The van der Waals surface area contributed by atoms with Gasteiger partial charge in [0.2, 0.25) is 0 Å². The molecule has 0 fully saturated rings. The van der Waals surface area contributed by atoms with Gasteiger partial charge in [-0.2, -0.15) is 0 Å². The van der Waals surface area contributed by atoms with E-state index in [4.69, 9.17) is 4.74 Å². The van der Waals surface area contributed by atoms with Crippen LogP contribution in [0.4, 0.5) is 0 Å². The van der Waals surface area contributed by atoms with E-state index in [0.717, 1.165) is 21.2 Å². The Labute approximate surface area is 121 Å². The molecule has 98 valence electrons. The van der Waals surface area contributed by atoms with Crippen molar-refractivity contribution in [2.75, 3.05) is 6.61 Å². The molecule has 0 aliphatic carbocycles.